The average Bonchev–Trinajstić information content (AvgIpc) is 3.17. The van der Waals surface area contributed by atoms with Gasteiger partial charge in [-0.2, -0.15) is 5.26 Å². The van der Waals surface area contributed by atoms with Gasteiger partial charge in [-0.25, -0.2) is 20.0 Å². The minimum atomic E-state index is -0.113. The lowest BCUT2D eigenvalue weighted by atomic mass is 9.97. The molecule has 0 amide bonds. The van der Waals surface area contributed by atoms with Gasteiger partial charge in [0.05, 0.1) is 11.3 Å². The van der Waals surface area contributed by atoms with E-state index in [1.165, 1.54) is 6.34 Å². The highest BCUT2D eigenvalue weighted by Gasteiger charge is 2.27. The van der Waals surface area contributed by atoms with Crippen molar-refractivity contribution < 1.29 is 0 Å². The second-order valence-electron chi connectivity index (χ2n) is 5.58. The average molecular weight is 319 g/mol. The standard InChI is InChI=1S/C9H8N4.C8H9N3/c1-5-7(3-10)6(2)13-9-8(5)11-4-12-9;1-6-9-7(2)11-5-3-4-8(11)10-6/h4,8H,1-2H3;3-5H,1-2H3. The van der Waals surface area contributed by atoms with E-state index in [0.29, 0.717) is 11.4 Å². The van der Waals surface area contributed by atoms with Crippen molar-refractivity contribution in [2.45, 2.75) is 33.7 Å². The first-order chi connectivity index (χ1) is 11.5. The first kappa shape index (κ1) is 15.7. The highest BCUT2D eigenvalue weighted by atomic mass is 15.1. The Morgan fingerprint density at radius 2 is 1.96 bits per heavy atom. The van der Waals surface area contributed by atoms with E-state index in [9.17, 15) is 0 Å². The van der Waals surface area contributed by atoms with E-state index in [-0.39, 0.29) is 6.04 Å². The van der Waals surface area contributed by atoms with Crippen LogP contribution in [0.4, 0.5) is 0 Å². The van der Waals surface area contributed by atoms with Gasteiger partial charge in [0.2, 0.25) is 0 Å². The zero-order valence-corrected chi connectivity index (χ0v) is 14.0. The van der Waals surface area contributed by atoms with Gasteiger partial charge in [0.15, 0.2) is 5.84 Å². The Morgan fingerprint density at radius 1 is 1.17 bits per heavy atom. The number of aryl methyl sites for hydroxylation is 2. The van der Waals surface area contributed by atoms with Crippen LogP contribution in [-0.4, -0.2) is 38.3 Å². The van der Waals surface area contributed by atoms with Gasteiger partial charge >= 0.3 is 0 Å². The van der Waals surface area contributed by atoms with Gasteiger partial charge < -0.3 is 0 Å². The van der Waals surface area contributed by atoms with Crippen LogP contribution in [0.2, 0.25) is 0 Å². The third-order valence-electron chi connectivity index (χ3n) is 3.89. The van der Waals surface area contributed by atoms with Crippen molar-refractivity contribution in [2.24, 2.45) is 15.0 Å². The van der Waals surface area contributed by atoms with E-state index in [1.807, 2.05) is 50.4 Å². The molecule has 0 aromatic carbocycles. The fourth-order valence-electron chi connectivity index (χ4n) is 2.73. The first-order valence-corrected chi connectivity index (χ1v) is 7.55. The Kier molecular flexibility index (Phi) is 4.04. The van der Waals surface area contributed by atoms with Crippen molar-refractivity contribution >= 4 is 23.5 Å². The van der Waals surface area contributed by atoms with Crippen molar-refractivity contribution in [1.29, 1.82) is 5.26 Å². The molecule has 120 valence electrons. The van der Waals surface area contributed by atoms with Gasteiger partial charge in [-0.3, -0.25) is 9.39 Å². The zero-order valence-electron chi connectivity index (χ0n) is 14.0. The molecule has 4 rings (SSSR count). The topological polar surface area (TPSA) is 91.1 Å². The van der Waals surface area contributed by atoms with Gasteiger partial charge in [0.1, 0.15) is 35.7 Å². The number of allylic oxidation sites excluding steroid dienone is 1. The number of rotatable bonds is 0. The van der Waals surface area contributed by atoms with E-state index < -0.39 is 0 Å². The molecule has 7 nitrogen and oxygen atoms in total. The summed E-state index contributed by atoms with van der Waals surface area (Å²) in [5, 5.41) is 8.87. The van der Waals surface area contributed by atoms with Crippen LogP contribution in [0.1, 0.15) is 25.5 Å². The summed E-state index contributed by atoms with van der Waals surface area (Å²) in [4.78, 5) is 20.8. The maximum Gasteiger partial charge on any atom is 0.159 e. The SMILES string of the molecule is CC1=NC2=NC=NC2C(C)=C1C#N.Cc1nc(C)n2cccc2n1. The Bertz CT molecular complexity index is 966. The van der Waals surface area contributed by atoms with Crippen LogP contribution in [0.3, 0.4) is 0 Å². The van der Waals surface area contributed by atoms with Crippen molar-refractivity contribution in [3.8, 4) is 6.07 Å². The summed E-state index contributed by atoms with van der Waals surface area (Å²) in [5.41, 5.74) is 3.29. The monoisotopic (exact) mass is 319 g/mol. The molecule has 1 atom stereocenters. The summed E-state index contributed by atoms with van der Waals surface area (Å²) in [5.74, 6) is 2.51. The molecule has 0 bridgehead atoms. The maximum atomic E-state index is 8.87. The summed E-state index contributed by atoms with van der Waals surface area (Å²) >= 11 is 0. The van der Waals surface area contributed by atoms with E-state index in [1.54, 1.807) is 0 Å². The number of hydrogen-bond donors (Lipinski definition) is 0. The van der Waals surface area contributed by atoms with Crippen LogP contribution in [-0.2, 0) is 0 Å². The van der Waals surface area contributed by atoms with Crippen LogP contribution in [0.5, 0.6) is 0 Å². The lowest BCUT2D eigenvalue weighted by Gasteiger charge is -2.16. The predicted molar refractivity (Wildman–Crippen MR) is 93.6 cm³/mol. The molecule has 0 aliphatic carbocycles. The minimum Gasteiger partial charge on any atom is -0.290 e. The summed E-state index contributed by atoms with van der Waals surface area (Å²) in [6.45, 7) is 7.60. The largest absolute Gasteiger partial charge is 0.290 e. The quantitative estimate of drug-likeness (QED) is 0.746. The van der Waals surface area contributed by atoms with E-state index in [2.05, 4.69) is 31.0 Å². The second kappa shape index (κ2) is 6.16. The Hall–Kier alpha value is -3.14. The smallest absolute Gasteiger partial charge is 0.159 e. The second-order valence-corrected chi connectivity index (χ2v) is 5.58. The Morgan fingerprint density at radius 3 is 2.71 bits per heavy atom. The van der Waals surface area contributed by atoms with Crippen LogP contribution in [0, 0.1) is 25.2 Å². The third kappa shape index (κ3) is 2.74. The normalized spacial score (nSPS) is 18.5. The molecule has 24 heavy (non-hydrogen) atoms. The molecule has 0 saturated carbocycles. The van der Waals surface area contributed by atoms with Gasteiger partial charge in [0.25, 0.3) is 0 Å². The molecule has 2 aliphatic heterocycles. The molecule has 2 aromatic rings. The summed E-state index contributed by atoms with van der Waals surface area (Å²) in [7, 11) is 0. The first-order valence-electron chi connectivity index (χ1n) is 7.55. The number of nitriles is 1. The lowest BCUT2D eigenvalue weighted by Crippen LogP contribution is -2.23. The number of nitrogens with zero attached hydrogens (tertiary/aromatic N) is 7. The number of aromatic nitrogens is 3. The summed E-state index contributed by atoms with van der Waals surface area (Å²) in [6.07, 6.45) is 3.46. The van der Waals surface area contributed by atoms with Gasteiger partial charge in [-0.1, -0.05) is 0 Å². The highest BCUT2D eigenvalue weighted by Crippen LogP contribution is 2.22. The molecule has 4 heterocycles. The van der Waals surface area contributed by atoms with Gasteiger partial charge in [-0.15, -0.1) is 0 Å². The molecule has 2 aromatic heterocycles. The number of fused-ring (bicyclic) bond motifs is 2. The molecular weight excluding hydrogens is 302 g/mol. The maximum absolute atomic E-state index is 8.87. The van der Waals surface area contributed by atoms with Gasteiger partial charge in [-0.05, 0) is 45.4 Å². The van der Waals surface area contributed by atoms with E-state index >= 15 is 0 Å². The fraction of sp³-hybridized carbons (Fsp3) is 0.294. The van der Waals surface area contributed by atoms with E-state index in [4.69, 9.17) is 5.26 Å². The van der Waals surface area contributed by atoms with Crippen molar-refractivity contribution in [3.63, 3.8) is 0 Å². The number of amidine groups is 1. The zero-order chi connectivity index (χ0) is 17.3. The van der Waals surface area contributed by atoms with Crippen molar-refractivity contribution in [1.82, 2.24) is 14.4 Å². The Labute approximate surface area is 139 Å². The fourth-order valence-corrected chi connectivity index (χ4v) is 2.73. The molecule has 7 heteroatoms. The molecule has 0 fully saturated rings. The number of hydrogen-bond acceptors (Lipinski definition) is 6. The van der Waals surface area contributed by atoms with Crippen molar-refractivity contribution in [2.75, 3.05) is 0 Å². The lowest BCUT2D eigenvalue weighted by molar-refractivity contribution is 0.905. The number of dihydropyridines is 1. The summed E-state index contributed by atoms with van der Waals surface area (Å²) in [6, 6.07) is 5.97. The van der Waals surface area contributed by atoms with Crippen molar-refractivity contribution in [3.05, 3.63) is 41.1 Å². The minimum absolute atomic E-state index is 0.113. The molecule has 0 saturated heterocycles. The van der Waals surface area contributed by atoms with Crippen LogP contribution >= 0.6 is 0 Å². The number of aliphatic imine (C=N–C) groups is 3. The van der Waals surface area contributed by atoms with E-state index in [0.717, 1.165) is 28.6 Å². The van der Waals surface area contributed by atoms with Crippen LogP contribution in [0.15, 0.2) is 44.5 Å². The highest BCUT2D eigenvalue weighted by molar-refractivity contribution is 6.16. The third-order valence-corrected chi connectivity index (χ3v) is 3.89. The molecule has 0 spiro atoms. The molecule has 0 N–H and O–H groups in total. The molecule has 2 aliphatic rings. The predicted octanol–water partition coefficient (Wildman–Crippen LogP) is 2.46. The van der Waals surface area contributed by atoms with Gasteiger partial charge in [0, 0.05) is 6.20 Å². The Balaban J connectivity index is 0.000000143. The van der Waals surface area contributed by atoms with Crippen LogP contribution in [0.25, 0.3) is 5.65 Å². The molecule has 1 unspecified atom stereocenters. The van der Waals surface area contributed by atoms with Crippen LogP contribution < -0.4 is 0 Å². The molecular formula is C17H17N7. The summed E-state index contributed by atoms with van der Waals surface area (Å²) < 4.78 is 1.97. The molecule has 0 radical (unpaired) electrons.